The van der Waals surface area contributed by atoms with Gasteiger partial charge in [0.1, 0.15) is 0 Å². The molecule has 0 unspecified atom stereocenters. The maximum atomic E-state index is 6.59. The first-order valence-electron chi connectivity index (χ1n) is 21.1. The van der Waals surface area contributed by atoms with E-state index in [0.29, 0.717) is 0 Å². The van der Waals surface area contributed by atoms with Crippen LogP contribution in [-0.4, -0.2) is 0 Å². The second-order valence-electron chi connectivity index (χ2n) is 15.0. The van der Waals surface area contributed by atoms with Crippen molar-refractivity contribution in [1.82, 2.24) is 0 Å². The summed E-state index contributed by atoms with van der Waals surface area (Å²) in [4.78, 5) is 2.19. The van der Waals surface area contributed by atoms with Gasteiger partial charge in [-0.05, 0) is 70.5 Å². The third kappa shape index (κ3) is 13.2. The molecule has 0 saturated carbocycles. The Labute approximate surface area is 345 Å². The summed E-state index contributed by atoms with van der Waals surface area (Å²) >= 11 is 16.4. The normalized spacial score (nSPS) is 11.2. The lowest BCUT2D eigenvalue weighted by Crippen LogP contribution is -1.91. The largest absolute Gasteiger partial charge is 0.114 e. The summed E-state index contributed by atoms with van der Waals surface area (Å²) in [6, 6.07) is 21.5. The molecule has 0 fully saturated rings. The number of fused-ring (bicyclic) bond motifs is 2. The molecular weight excluding hydrogens is 736 g/mol. The molecule has 2 aromatic heterocycles. The summed E-state index contributed by atoms with van der Waals surface area (Å²) in [6.45, 7) is 4.57. The van der Waals surface area contributed by atoms with Gasteiger partial charge in [0.25, 0.3) is 0 Å². The van der Waals surface area contributed by atoms with Crippen LogP contribution in [0.3, 0.4) is 0 Å². The maximum Gasteiger partial charge on any atom is 0.0944 e. The minimum Gasteiger partial charge on any atom is -0.114 e. The molecular formula is C50H60Cl2S2. The SMILES string of the molecule is CCCCCCCCCCCCc1cc(Cl)sc1C#Cc1c2ccccc2c(C#Cc2sc(Cl)cc2CCCCCCCCCCCC)c2ccccc12. The Kier molecular flexibility index (Phi) is 18.9. The molecule has 0 aliphatic heterocycles. The minimum atomic E-state index is 0.822. The molecule has 5 rings (SSSR count). The average molecular weight is 796 g/mol. The van der Waals surface area contributed by atoms with Gasteiger partial charge in [-0.15, -0.1) is 22.7 Å². The first-order chi connectivity index (χ1) is 26.6. The van der Waals surface area contributed by atoms with Gasteiger partial charge in [0.2, 0.25) is 0 Å². The van der Waals surface area contributed by atoms with Gasteiger partial charge in [-0.25, -0.2) is 0 Å². The Balaban J connectivity index is 1.28. The molecule has 0 nitrogen and oxygen atoms in total. The highest BCUT2D eigenvalue weighted by atomic mass is 35.5. The van der Waals surface area contributed by atoms with Crippen LogP contribution in [0.2, 0.25) is 8.67 Å². The van der Waals surface area contributed by atoms with Crippen LogP contribution in [0, 0.1) is 23.7 Å². The number of hydrogen-bond acceptors (Lipinski definition) is 2. The van der Waals surface area contributed by atoms with Gasteiger partial charge in [-0.3, -0.25) is 0 Å². The van der Waals surface area contributed by atoms with E-state index in [1.807, 2.05) is 0 Å². The Morgan fingerprint density at radius 1 is 0.407 bits per heavy atom. The highest BCUT2D eigenvalue weighted by molar-refractivity contribution is 7.17. The predicted molar refractivity (Wildman–Crippen MR) is 243 cm³/mol. The number of thiophene rings is 2. The van der Waals surface area contributed by atoms with Gasteiger partial charge >= 0.3 is 0 Å². The van der Waals surface area contributed by atoms with Gasteiger partial charge in [-0.1, -0.05) is 225 Å². The summed E-state index contributed by atoms with van der Waals surface area (Å²) in [5.74, 6) is 14.5. The third-order valence-electron chi connectivity index (χ3n) is 10.7. The lowest BCUT2D eigenvalue weighted by molar-refractivity contribution is 0.556. The van der Waals surface area contributed by atoms with Crippen LogP contribution in [0.4, 0.5) is 0 Å². The Bertz CT molecular complexity index is 1810. The molecule has 0 atom stereocenters. The van der Waals surface area contributed by atoms with E-state index in [0.717, 1.165) is 63.9 Å². The fourth-order valence-electron chi connectivity index (χ4n) is 7.62. The van der Waals surface area contributed by atoms with E-state index in [2.05, 4.69) is 98.2 Å². The van der Waals surface area contributed by atoms with Crippen molar-refractivity contribution in [3.8, 4) is 23.7 Å². The van der Waals surface area contributed by atoms with E-state index < -0.39 is 0 Å². The minimum absolute atomic E-state index is 0.822. The van der Waals surface area contributed by atoms with E-state index in [9.17, 15) is 0 Å². The van der Waals surface area contributed by atoms with Gasteiger partial charge in [-0.2, -0.15) is 0 Å². The van der Waals surface area contributed by atoms with Crippen molar-refractivity contribution >= 4 is 67.4 Å². The first-order valence-corrected chi connectivity index (χ1v) is 23.5. The molecule has 0 amide bonds. The van der Waals surface area contributed by atoms with Crippen LogP contribution in [0.25, 0.3) is 21.5 Å². The zero-order chi connectivity index (χ0) is 37.8. The van der Waals surface area contributed by atoms with Crippen molar-refractivity contribution < 1.29 is 0 Å². The van der Waals surface area contributed by atoms with E-state index in [1.54, 1.807) is 22.7 Å². The third-order valence-corrected chi connectivity index (χ3v) is 13.1. The molecule has 0 saturated heterocycles. The highest BCUT2D eigenvalue weighted by Crippen LogP contribution is 2.34. The van der Waals surface area contributed by atoms with Gasteiger partial charge < -0.3 is 0 Å². The molecule has 54 heavy (non-hydrogen) atoms. The second-order valence-corrected chi connectivity index (χ2v) is 18.4. The van der Waals surface area contributed by atoms with E-state index in [-0.39, 0.29) is 0 Å². The molecule has 5 aromatic rings. The number of unbranched alkanes of at least 4 members (excludes halogenated alkanes) is 18. The van der Waals surface area contributed by atoms with Gasteiger partial charge in [0.05, 0.1) is 18.4 Å². The molecule has 0 aliphatic carbocycles. The number of hydrogen-bond donors (Lipinski definition) is 0. The molecule has 4 heteroatoms. The lowest BCUT2D eigenvalue weighted by atomic mass is 9.92. The van der Waals surface area contributed by atoms with Crippen LogP contribution in [0.5, 0.6) is 0 Å². The summed E-state index contributed by atoms with van der Waals surface area (Å²) in [5, 5.41) is 4.56. The van der Waals surface area contributed by atoms with Gasteiger partial charge in [0, 0.05) is 11.1 Å². The predicted octanol–water partition coefficient (Wildman–Crippen LogP) is 17.1. The maximum absolute atomic E-state index is 6.59. The summed E-state index contributed by atoms with van der Waals surface area (Å²) in [6.07, 6.45) is 28.9. The highest BCUT2D eigenvalue weighted by Gasteiger charge is 2.13. The van der Waals surface area contributed by atoms with Crippen LogP contribution in [0.1, 0.15) is 174 Å². The first kappa shape index (κ1) is 42.4. The van der Waals surface area contributed by atoms with E-state index in [4.69, 9.17) is 23.2 Å². The Morgan fingerprint density at radius 3 is 1.02 bits per heavy atom. The quantitative estimate of drug-likeness (QED) is 0.0372. The van der Waals surface area contributed by atoms with Crippen LogP contribution >= 0.6 is 45.9 Å². The molecule has 0 radical (unpaired) electrons. The van der Waals surface area contributed by atoms with Crippen LogP contribution in [0.15, 0.2) is 60.7 Å². The molecule has 3 aromatic carbocycles. The summed E-state index contributed by atoms with van der Waals surface area (Å²) in [7, 11) is 0. The van der Waals surface area contributed by atoms with Gasteiger partial charge in [0.15, 0.2) is 0 Å². The van der Waals surface area contributed by atoms with Crippen molar-refractivity contribution in [2.75, 3.05) is 0 Å². The molecule has 0 bridgehead atoms. The Hall–Kier alpha value is -2.72. The smallest absolute Gasteiger partial charge is 0.0944 e. The molecule has 286 valence electrons. The van der Waals surface area contributed by atoms with Crippen molar-refractivity contribution in [1.29, 1.82) is 0 Å². The number of rotatable bonds is 22. The van der Waals surface area contributed by atoms with E-state index >= 15 is 0 Å². The van der Waals surface area contributed by atoms with Crippen molar-refractivity contribution in [3.05, 3.63) is 101 Å². The van der Waals surface area contributed by atoms with Crippen molar-refractivity contribution in [3.63, 3.8) is 0 Å². The fraction of sp³-hybridized carbons (Fsp3) is 0.480. The fourth-order valence-corrected chi connectivity index (χ4v) is 9.92. The zero-order valence-electron chi connectivity index (χ0n) is 32.9. The molecule has 0 N–H and O–H groups in total. The summed E-state index contributed by atoms with van der Waals surface area (Å²) < 4.78 is 1.64. The van der Waals surface area contributed by atoms with Crippen molar-refractivity contribution in [2.24, 2.45) is 0 Å². The zero-order valence-corrected chi connectivity index (χ0v) is 36.0. The second kappa shape index (κ2) is 24.0. The average Bonchev–Trinajstić information content (AvgIpc) is 3.73. The van der Waals surface area contributed by atoms with E-state index in [1.165, 1.54) is 140 Å². The molecule has 2 heterocycles. The number of benzene rings is 3. The molecule has 0 aliphatic rings. The molecule has 0 spiro atoms. The van der Waals surface area contributed by atoms with Crippen LogP contribution < -0.4 is 0 Å². The van der Waals surface area contributed by atoms with Crippen LogP contribution in [-0.2, 0) is 12.8 Å². The number of halogens is 2. The number of aryl methyl sites for hydroxylation is 2. The topological polar surface area (TPSA) is 0 Å². The van der Waals surface area contributed by atoms with Crippen molar-refractivity contribution in [2.45, 2.75) is 155 Å². The monoisotopic (exact) mass is 794 g/mol. The summed E-state index contributed by atoms with van der Waals surface area (Å²) in [5.41, 5.74) is 4.69. The standard InChI is InChI=1S/C50H60Cl2S2/c1-3-5-7-9-11-13-15-17-19-21-27-39-37-49(51)53-47(39)35-33-45-41-29-23-25-31-43(41)46(44-32-26-24-30-42(44)45)34-36-48-40(38-50(52)54-48)28-22-20-18-16-14-12-10-8-6-4-2/h23-26,29-32,37-38H,3-22,27-28H2,1-2H3. The lowest BCUT2D eigenvalue weighted by Gasteiger charge is -2.10. The Morgan fingerprint density at radius 2 is 0.704 bits per heavy atom.